The monoisotopic (exact) mass is 258 g/mol. The topological polar surface area (TPSA) is 46.3 Å². The second kappa shape index (κ2) is 8.81. The van der Waals surface area contributed by atoms with Crippen LogP contribution in [-0.4, -0.2) is 41.4 Å². The highest BCUT2D eigenvalue weighted by atomic mass is 32.2. The Kier molecular flexibility index (Phi) is 7.69. The van der Waals surface area contributed by atoms with Crippen molar-refractivity contribution in [2.75, 3.05) is 24.6 Å². The van der Waals surface area contributed by atoms with E-state index in [2.05, 4.69) is 6.92 Å². The number of carbonyl (C=O) groups excluding carboxylic acids is 1. The van der Waals surface area contributed by atoms with Gasteiger partial charge in [0, 0.05) is 24.9 Å². The highest BCUT2D eigenvalue weighted by Crippen LogP contribution is 2.12. The van der Waals surface area contributed by atoms with Gasteiger partial charge >= 0.3 is 0 Å². The minimum Gasteiger partial charge on any atom is -0.342 e. The second-order valence-electron chi connectivity index (χ2n) is 4.83. The lowest BCUT2D eigenvalue weighted by Crippen LogP contribution is -2.35. The van der Waals surface area contributed by atoms with Gasteiger partial charge in [0.1, 0.15) is 0 Å². The number of carbonyl (C=O) groups is 1. The fourth-order valence-corrected chi connectivity index (χ4v) is 3.02. The number of hydrogen-bond acceptors (Lipinski definition) is 3. The molecule has 1 amide bonds. The second-order valence-corrected chi connectivity index (χ2v) is 5.86. The van der Waals surface area contributed by atoms with Gasteiger partial charge in [-0.15, -0.1) is 0 Å². The largest absolute Gasteiger partial charge is 0.342 e. The van der Waals surface area contributed by atoms with Crippen LogP contribution in [-0.2, 0) is 4.79 Å². The average molecular weight is 258 g/mol. The molecule has 0 bridgehead atoms. The summed E-state index contributed by atoms with van der Waals surface area (Å²) in [5.74, 6) is 1.81. The summed E-state index contributed by atoms with van der Waals surface area (Å²) in [6.45, 7) is 4.00. The van der Waals surface area contributed by atoms with Crippen LogP contribution < -0.4 is 5.73 Å². The molecule has 3 nitrogen and oxygen atoms in total. The molecular formula is C13H26N2OS. The van der Waals surface area contributed by atoms with E-state index < -0.39 is 0 Å². The third kappa shape index (κ3) is 6.32. The fraction of sp³-hybridized carbons (Fsp3) is 0.923. The number of nitrogens with zero attached hydrogens (tertiary/aromatic N) is 1. The molecule has 0 aromatic heterocycles. The van der Waals surface area contributed by atoms with Crippen LogP contribution in [0.1, 0.15) is 45.4 Å². The summed E-state index contributed by atoms with van der Waals surface area (Å²) in [4.78, 5) is 14.0. The average Bonchev–Trinajstić information content (AvgIpc) is 2.28. The van der Waals surface area contributed by atoms with Crippen LogP contribution in [0.3, 0.4) is 0 Å². The van der Waals surface area contributed by atoms with E-state index in [1.54, 1.807) is 11.8 Å². The first-order chi connectivity index (χ1) is 8.24. The van der Waals surface area contributed by atoms with Crippen LogP contribution in [0.15, 0.2) is 0 Å². The zero-order valence-electron chi connectivity index (χ0n) is 11.0. The van der Waals surface area contributed by atoms with Crippen molar-refractivity contribution >= 4 is 17.7 Å². The van der Waals surface area contributed by atoms with Crippen molar-refractivity contribution in [1.29, 1.82) is 0 Å². The summed E-state index contributed by atoms with van der Waals surface area (Å²) in [6.07, 6.45) is 7.22. The van der Waals surface area contributed by atoms with Crippen LogP contribution >= 0.6 is 11.8 Å². The van der Waals surface area contributed by atoms with Gasteiger partial charge in [0.05, 0.1) is 5.75 Å². The van der Waals surface area contributed by atoms with Crippen molar-refractivity contribution in [1.82, 2.24) is 4.90 Å². The van der Waals surface area contributed by atoms with E-state index >= 15 is 0 Å². The molecule has 1 heterocycles. The molecule has 0 saturated carbocycles. The molecule has 1 unspecified atom stereocenters. The lowest BCUT2D eigenvalue weighted by atomic mass is 10.1. The Hall–Kier alpha value is -0.220. The van der Waals surface area contributed by atoms with Gasteiger partial charge in [0.2, 0.25) is 5.91 Å². The Bertz CT molecular complexity index is 215. The Morgan fingerprint density at radius 3 is 2.41 bits per heavy atom. The first kappa shape index (κ1) is 14.8. The number of nitrogens with two attached hydrogens (primary N) is 1. The van der Waals surface area contributed by atoms with E-state index in [9.17, 15) is 4.79 Å². The van der Waals surface area contributed by atoms with Crippen molar-refractivity contribution in [3.8, 4) is 0 Å². The van der Waals surface area contributed by atoms with Gasteiger partial charge in [-0.3, -0.25) is 4.79 Å². The van der Waals surface area contributed by atoms with Crippen molar-refractivity contribution in [2.24, 2.45) is 5.73 Å². The molecule has 0 aromatic rings. The molecule has 0 radical (unpaired) electrons. The molecule has 0 spiro atoms. The number of hydrogen-bond donors (Lipinski definition) is 1. The van der Waals surface area contributed by atoms with Gasteiger partial charge in [-0.05, 0) is 19.3 Å². The molecular weight excluding hydrogens is 232 g/mol. The maximum atomic E-state index is 12.0. The summed E-state index contributed by atoms with van der Waals surface area (Å²) >= 11 is 1.68. The third-order valence-electron chi connectivity index (χ3n) is 3.29. The van der Waals surface area contributed by atoms with Crippen LogP contribution in [0.5, 0.6) is 0 Å². The molecule has 0 aromatic carbocycles. The number of amides is 1. The van der Waals surface area contributed by atoms with E-state index in [4.69, 9.17) is 5.73 Å². The lowest BCUT2D eigenvalue weighted by Gasteiger charge is -2.24. The number of likely N-dealkylation sites (tertiary alicyclic amines) is 1. The highest BCUT2D eigenvalue weighted by Gasteiger charge is 2.14. The summed E-state index contributed by atoms with van der Waals surface area (Å²) in [7, 11) is 0. The minimum atomic E-state index is 0.236. The van der Waals surface area contributed by atoms with E-state index in [1.165, 1.54) is 32.1 Å². The van der Waals surface area contributed by atoms with Crippen LogP contribution in [0.2, 0.25) is 0 Å². The normalized spacial score (nSPS) is 19.5. The van der Waals surface area contributed by atoms with Gasteiger partial charge in [-0.2, -0.15) is 11.8 Å². The number of thioether (sulfide) groups is 1. The van der Waals surface area contributed by atoms with Crippen LogP contribution in [0.25, 0.3) is 0 Å². The van der Waals surface area contributed by atoms with Crippen molar-refractivity contribution < 1.29 is 4.79 Å². The van der Waals surface area contributed by atoms with E-state index in [0.29, 0.717) is 11.7 Å². The molecule has 1 fully saturated rings. The Morgan fingerprint density at radius 1 is 1.24 bits per heavy atom. The van der Waals surface area contributed by atoms with Gasteiger partial charge in [0.15, 0.2) is 0 Å². The van der Waals surface area contributed by atoms with E-state index in [-0.39, 0.29) is 6.04 Å². The first-order valence-electron chi connectivity index (χ1n) is 6.85. The summed E-state index contributed by atoms with van der Waals surface area (Å²) in [6, 6.07) is 0.236. The molecule has 1 aliphatic rings. The maximum Gasteiger partial charge on any atom is 0.232 e. The molecule has 1 atom stereocenters. The molecule has 4 heteroatoms. The van der Waals surface area contributed by atoms with Crippen LogP contribution in [0, 0.1) is 0 Å². The Balaban J connectivity index is 2.20. The van der Waals surface area contributed by atoms with Gasteiger partial charge < -0.3 is 10.6 Å². The molecule has 100 valence electrons. The lowest BCUT2D eigenvalue weighted by molar-refractivity contribution is -0.128. The quantitative estimate of drug-likeness (QED) is 0.822. The maximum absolute atomic E-state index is 12.0. The van der Waals surface area contributed by atoms with Gasteiger partial charge in [-0.25, -0.2) is 0 Å². The molecule has 2 N–H and O–H groups in total. The zero-order valence-corrected chi connectivity index (χ0v) is 11.8. The summed E-state index contributed by atoms with van der Waals surface area (Å²) in [5, 5.41) is 0. The van der Waals surface area contributed by atoms with Crippen LogP contribution in [0.4, 0.5) is 0 Å². The Morgan fingerprint density at radius 2 is 1.82 bits per heavy atom. The summed E-state index contributed by atoms with van der Waals surface area (Å²) < 4.78 is 0. The molecule has 1 saturated heterocycles. The third-order valence-corrected chi connectivity index (χ3v) is 4.41. The first-order valence-corrected chi connectivity index (χ1v) is 8.00. The highest BCUT2D eigenvalue weighted by molar-refractivity contribution is 7.99. The molecule has 1 rings (SSSR count). The molecule has 17 heavy (non-hydrogen) atoms. The predicted octanol–water partition coefficient (Wildman–Crippen LogP) is 2.25. The minimum absolute atomic E-state index is 0.236. The standard InChI is InChI=1S/C13H26N2OS/c1-2-12(14)10-17-11-13(16)15-8-6-4-3-5-7-9-15/h12H,2-11,14H2,1H3. The van der Waals surface area contributed by atoms with Crippen molar-refractivity contribution in [3.63, 3.8) is 0 Å². The van der Waals surface area contributed by atoms with Crippen molar-refractivity contribution in [2.45, 2.75) is 51.5 Å². The van der Waals surface area contributed by atoms with Gasteiger partial charge in [-0.1, -0.05) is 26.2 Å². The van der Waals surface area contributed by atoms with Gasteiger partial charge in [0.25, 0.3) is 0 Å². The molecule has 0 aliphatic carbocycles. The fourth-order valence-electron chi connectivity index (χ4n) is 2.00. The van der Waals surface area contributed by atoms with Crippen molar-refractivity contribution in [3.05, 3.63) is 0 Å². The zero-order chi connectivity index (χ0) is 12.5. The van der Waals surface area contributed by atoms with E-state index in [0.717, 1.165) is 25.3 Å². The molecule has 1 aliphatic heterocycles. The smallest absolute Gasteiger partial charge is 0.232 e. The predicted molar refractivity (Wildman–Crippen MR) is 75.3 cm³/mol. The van der Waals surface area contributed by atoms with E-state index in [1.807, 2.05) is 4.90 Å². The SMILES string of the molecule is CCC(N)CSCC(=O)N1CCCCCCC1. The summed E-state index contributed by atoms with van der Waals surface area (Å²) in [5.41, 5.74) is 5.84. The Labute approximate surface area is 109 Å². The number of rotatable bonds is 5.